The number of amides is 1. The Kier molecular flexibility index (Phi) is 5.81. The molecule has 4 aromatic rings. The Balaban J connectivity index is 1.75. The van der Waals surface area contributed by atoms with Crippen LogP contribution in [0.2, 0.25) is 0 Å². The number of hydrogen-bond acceptors (Lipinski definition) is 8. The molecule has 11 nitrogen and oxygen atoms in total. The van der Waals surface area contributed by atoms with Gasteiger partial charge in [-0.05, 0) is 23.8 Å². The Morgan fingerprint density at radius 3 is 2.59 bits per heavy atom. The fraction of sp³-hybridized carbons (Fsp3) is 0.190. The summed E-state index contributed by atoms with van der Waals surface area (Å²) in [6.45, 7) is 0.892. The molecule has 1 amide bonds. The first-order valence-corrected chi connectivity index (χ1v) is 9.81. The van der Waals surface area contributed by atoms with Gasteiger partial charge in [-0.2, -0.15) is 0 Å². The van der Waals surface area contributed by atoms with Crippen LogP contribution in [0.15, 0.2) is 58.4 Å². The van der Waals surface area contributed by atoms with Crippen molar-refractivity contribution in [3.05, 3.63) is 80.8 Å². The van der Waals surface area contributed by atoms with Crippen molar-refractivity contribution in [1.29, 1.82) is 0 Å². The van der Waals surface area contributed by atoms with Gasteiger partial charge in [-0.3, -0.25) is 23.7 Å². The minimum Gasteiger partial charge on any atom is -0.351 e. The quantitative estimate of drug-likeness (QED) is 0.421. The smallest absolute Gasteiger partial charge is 0.332 e. The van der Waals surface area contributed by atoms with Gasteiger partial charge in [0.2, 0.25) is 0 Å². The van der Waals surface area contributed by atoms with E-state index >= 15 is 0 Å². The first kappa shape index (κ1) is 21.0. The number of nitrogens with one attached hydrogen (secondary N) is 1. The van der Waals surface area contributed by atoms with Gasteiger partial charge in [-0.15, -0.1) is 10.2 Å². The summed E-state index contributed by atoms with van der Waals surface area (Å²) in [6, 6.07) is 10.1. The molecule has 11 heteroatoms. The monoisotopic (exact) mass is 432 g/mol. The number of rotatable bonds is 6. The summed E-state index contributed by atoms with van der Waals surface area (Å²) in [4.78, 5) is 45.9. The number of hydrogen-bond donors (Lipinski definition) is 2. The fourth-order valence-electron chi connectivity index (χ4n) is 3.16. The third kappa shape index (κ3) is 4.01. The van der Waals surface area contributed by atoms with Crippen molar-refractivity contribution in [2.75, 3.05) is 13.1 Å². The van der Waals surface area contributed by atoms with Gasteiger partial charge < -0.3 is 11.1 Å². The second-order valence-electron chi connectivity index (χ2n) is 7.02. The number of aromatic nitrogens is 6. The van der Waals surface area contributed by atoms with Gasteiger partial charge in [-0.1, -0.05) is 18.2 Å². The molecular weight excluding hydrogens is 412 g/mol. The molecule has 0 spiro atoms. The molecule has 0 saturated carbocycles. The van der Waals surface area contributed by atoms with Crippen LogP contribution in [0.3, 0.4) is 0 Å². The van der Waals surface area contributed by atoms with E-state index in [1.54, 1.807) is 42.7 Å². The lowest BCUT2D eigenvalue weighted by Crippen LogP contribution is -2.39. The van der Waals surface area contributed by atoms with Crippen molar-refractivity contribution < 1.29 is 4.79 Å². The summed E-state index contributed by atoms with van der Waals surface area (Å²) in [6.07, 6.45) is 3.26. The van der Waals surface area contributed by atoms with Crippen LogP contribution in [-0.4, -0.2) is 48.3 Å². The maximum absolute atomic E-state index is 12.7. The zero-order valence-corrected chi connectivity index (χ0v) is 17.2. The number of carbonyl (C=O) groups is 1. The highest BCUT2D eigenvalue weighted by atomic mass is 16.2. The largest absolute Gasteiger partial charge is 0.351 e. The Hall–Kier alpha value is -4.25. The van der Waals surface area contributed by atoms with Crippen molar-refractivity contribution >= 4 is 17.1 Å². The van der Waals surface area contributed by atoms with E-state index in [4.69, 9.17) is 5.73 Å². The third-order valence-corrected chi connectivity index (χ3v) is 4.85. The molecule has 0 bridgehead atoms. The maximum atomic E-state index is 12.7. The van der Waals surface area contributed by atoms with Gasteiger partial charge in [0.05, 0.1) is 6.54 Å². The molecule has 0 radical (unpaired) electrons. The van der Waals surface area contributed by atoms with Gasteiger partial charge in [-0.25, -0.2) is 9.78 Å². The molecule has 0 fully saturated rings. The van der Waals surface area contributed by atoms with Crippen LogP contribution in [0, 0.1) is 0 Å². The highest BCUT2D eigenvalue weighted by Gasteiger charge is 2.16. The first-order chi connectivity index (χ1) is 15.5. The number of carbonyl (C=O) groups excluding carboxylic acids is 1. The lowest BCUT2D eigenvalue weighted by Gasteiger charge is -2.11. The summed E-state index contributed by atoms with van der Waals surface area (Å²) in [5, 5.41) is 10.9. The molecule has 0 unspecified atom stereocenters. The normalized spacial score (nSPS) is 10.9. The molecule has 0 aliphatic rings. The standard InChI is InChI=1S/C21H20N8O3/c1-28-20(31)16-18(29(21(28)32)12-13-3-2-9-23-11-13)27-26-17(25-16)14-4-6-15(7-5-14)19(30)24-10-8-22/h2-7,9,11H,8,10,12,22H2,1H3,(H,24,30). The van der Waals surface area contributed by atoms with Gasteiger partial charge in [0, 0.05) is 43.7 Å². The third-order valence-electron chi connectivity index (χ3n) is 4.85. The lowest BCUT2D eigenvalue weighted by molar-refractivity contribution is 0.0955. The van der Waals surface area contributed by atoms with Crippen molar-refractivity contribution in [3.63, 3.8) is 0 Å². The van der Waals surface area contributed by atoms with E-state index in [0.717, 1.165) is 10.1 Å². The van der Waals surface area contributed by atoms with Crippen LogP contribution in [-0.2, 0) is 13.6 Å². The molecule has 3 aromatic heterocycles. The van der Waals surface area contributed by atoms with Crippen LogP contribution in [0.4, 0.5) is 0 Å². The SMILES string of the molecule is Cn1c(=O)c2nc(-c3ccc(C(=O)NCCN)cc3)nnc2n(Cc2cccnc2)c1=O. The Morgan fingerprint density at radius 1 is 1.12 bits per heavy atom. The average molecular weight is 432 g/mol. The molecular formula is C21H20N8O3. The van der Waals surface area contributed by atoms with E-state index in [1.807, 2.05) is 6.07 Å². The van der Waals surface area contributed by atoms with E-state index in [1.165, 1.54) is 11.6 Å². The summed E-state index contributed by atoms with van der Waals surface area (Å²) >= 11 is 0. The number of benzene rings is 1. The number of nitrogens with zero attached hydrogens (tertiary/aromatic N) is 6. The average Bonchev–Trinajstić information content (AvgIpc) is 2.84. The van der Waals surface area contributed by atoms with Crippen molar-refractivity contribution in [2.24, 2.45) is 12.8 Å². The van der Waals surface area contributed by atoms with Gasteiger partial charge in [0.25, 0.3) is 11.5 Å². The zero-order chi connectivity index (χ0) is 22.7. The Bertz CT molecular complexity index is 1400. The van der Waals surface area contributed by atoms with Crippen LogP contribution < -0.4 is 22.3 Å². The van der Waals surface area contributed by atoms with E-state index in [-0.39, 0.29) is 29.4 Å². The van der Waals surface area contributed by atoms with Crippen LogP contribution >= 0.6 is 0 Å². The van der Waals surface area contributed by atoms with E-state index in [9.17, 15) is 14.4 Å². The Morgan fingerprint density at radius 2 is 1.91 bits per heavy atom. The number of nitrogens with two attached hydrogens (primary N) is 1. The molecule has 3 N–H and O–H groups in total. The van der Waals surface area contributed by atoms with E-state index in [0.29, 0.717) is 24.2 Å². The maximum Gasteiger partial charge on any atom is 0.332 e. The van der Waals surface area contributed by atoms with Crippen molar-refractivity contribution in [3.8, 4) is 11.4 Å². The predicted octanol–water partition coefficient (Wildman–Crippen LogP) is -0.316. The van der Waals surface area contributed by atoms with Crippen LogP contribution in [0.25, 0.3) is 22.6 Å². The summed E-state index contributed by atoms with van der Waals surface area (Å²) < 4.78 is 2.32. The van der Waals surface area contributed by atoms with Crippen molar-refractivity contribution in [2.45, 2.75) is 6.54 Å². The second kappa shape index (κ2) is 8.86. The Labute approximate surface area is 181 Å². The van der Waals surface area contributed by atoms with E-state index in [2.05, 4.69) is 25.5 Å². The molecule has 0 aliphatic carbocycles. The van der Waals surface area contributed by atoms with E-state index < -0.39 is 11.2 Å². The minimum absolute atomic E-state index is 0.0192. The molecule has 0 atom stereocenters. The first-order valence-electron chi connectivity index (χ1n) is 9.81. The molecule has 162 valence electrons. The fourth-order valence-corrected chi connectivity index (χ4v) is 3.16. The number of pyridine rings is 1. The second-order valence-corrected chi connectivity index (χ2v) is 7.02. The molecule has 4 rings (SSSR count). The van der Waals surface area contributed by atoms with Gasteiger partial charge >= 0.3 is 5.69 Å². The van der Waals surface area contributed by atoms with Gasteiger partial charge in [0.15, 0.2) is 17.0 Å². The molecule has 0 aliphatic heterocycles. The summed E-state index contributed by atoms with van der Waals surface area (Å²) in [5.74, 6) is -0.0389. The minimum atomic E-state index is -0.568. The van der Waals surface area contributed by atoms with Crippen molar-refractivity contribution in [1.82, 2.24) is 34.6 Å². The van der Waals surface area contributed by atoms with Crippen LogP contribution in [0.1, 0.15) is 15.9 Å². The van der Waals surface area contributed by atoms with Gasteiger partial charge in [0.1, 0.15) is 0 Å². The lowest BCUT2D eigenvalue weighted by atomic mass is 10.1. The molecule has 0 saturated heterocycles. The molecule has 32 heavy (non-hydrogen) atoms. The predicted molar refractivity (Wildman–Crippen MR) is 117 cm³/mol. The molecule has 3 heterocycles. The topological polar surface area (TPSA) is 151 Å². The summed E-state index contributed by atoms with van der Waals surface area (Å²) in [5.41, 5.74) is 6.20. The molecule has 1 aromatic carbocycles. The highest BCUT2D eigenvalue weighted by molar-refractivity contribution is 5.94. The number of fused-ring (bicyclic) bond motifs is 1. The highest BCUT2D eigenvalue weighted by Crippen LogP contribution is 2.16. The summed E-state index contributed by atoms with van der Waals surface area (Å²) in [7, 11) is 1.39. The van der Waals surface area contributed by atoms with Crippen LogP contribution in [0.5, 0.6) is 0 Å². The zero-order valence-electron chi connectivity index (χ0n) is 17.2.